The van der Waals surface area contributed by atoms with Gasteiger partial charge < -0.3 is 14.8 Å². The van der Waals surface area contributed by atoms with Gasteiger partial charge in [-0.25, -0.2) is 0 Å². The van der Waals surface area contributed by atoms with Crippen LogP contribution < -0.4 is 14.8 Å². The van der Waals surface area contributed by atoms with Gasteiger partial charge in [0.05, 0.1) is 30.6 Å². The number of nitrogens with zero attached hydrogens (tertiary/aromatic N) is 2. The molecule has 124 valence electrons. The molecule has 7 heteroatoms. The van der Waals surface area contributed by atoms with Crippen LogP contribution in [0.2, 0.25) is 5.02 Å². The van der Waals surface area contributed by atoms with E-state index >= 15 is 0 Å². The van der Waals surface area contributed by atoms with E-state index in [-0.39, 0.29) is 5.91 Å². The summed E-state index contributed by atoms with van der Waals surface area (Å²) in [5.74, 6) is 0.924. The van der Waals surface area contributed by atoms with Crippen LogP contribution in [-0.2, 0) is 7.05 Å². The van der Waals surface area contributed by atoms with Gasteiger partial charge in [-0.15, -0.1) is 0 Å². The maximum Gasteiger partial charge on any atom is 0.255 e. The third-order valence-corrected chi connectivity index (χ3v) is 3.30. The van der Waals surface area contributed by atoms with Gasteiger partial charge in [0.2, 0.25) is 0 Å². The minimum atomic E-state index is -0.298. The van der Waals surface area contributed by atoms with E-state index in [1.807, 2.05) is 13.8 Å². The standard InChI is InChI=1S/C16H20ClN3O3/c1-10(2)9-23-15-13(17)5-11(6-14(15)22-4)16(21)19-12-7-18-20(3)8-12/h5-8,10H,9H2,1-4H3,(H,19,21). The van der Waals surface area contributed by atoms with Crippen molar-refractivity contribution >= 4 is 23.2 Å². The predicted octanol–water partition coefficient (Wildman–Crippen LogP) is 3.37. The molecule has 2 rings (SSSR count). The monoisotopic (exact) mass is 337 g/mol. The minimum absolute atomic E-state index is 0.298. The van der Waals surface area contributed by atoms with Gasteiger partial charge in [0.1, 0.15) is 0 Å². The Hall–Kier alpha value is -2.21. The molecule has 0 bridgehead atoms. The molecule has 1 aromatic heterocycles. The Labute approximate surface area is 140 Å². The van der Waals surface area contributed by atoms with E-state index in [4.69, 9.17) is 21.1 Å². The number of carbonyl (C=O) groups is 1. The van der Waals surface area contributed by atoms with Gasteiger partial charge >= 0.3 is 0 Å². The molecule has 0 radical (unpaired) electrons. The molecule has 1 heterocycles. The zero-order valence-corrected chi connectivity index (χ0v) is 14.3. The van der Waals surface area contributed by atoms with Crippen LogP contribution in [0, 0.1) is 5.92 Å². The number of rotatable bonds is 6. The van der Waals surface area contributed by atoms with Crippen LogP contribution in [0.5, 0.6) is 11.5 Å². The fourth-order valence-electron chi connectivity index (χ4n) is 1.93. The summed E-state index contributed by atoms with van der Waals surface area (Å²) in [5, 5.41) is 7.09. The lowest BCUT2D eigenvalue weighted by Gasteiger charge is -2.15. The Balaban J connectivity index is 2.22. The Morgan fingerprint density at radius 2 is 2.17 bits per heavy atom. The molecule has 6 nitrogen and oxygen atoms in total. The zero-order chi connectivity index (χ0) is 17.0. The normalized spacial score (nSPS) is 10.7. The number of hydrogen-bond acceptors (Lipinski definition) is 4. The number of halogens is 1. The number of ether oxygens (including phenoxy) is 2. The van der Waals surface area contributed by atoms with Gasteiger partial charge in [-0.05, 0) is 18.1 Å². The number of aromatic nitrogens is 2. The third kappa shape index (κ3) is 4.39. The molecule has 23 heavy (non-hydrogen) atoms. The summed E-state index contributed by atoms with van der Waals surface area (Å²) in [6.45, 7) is 4.59. The first-order chi connectivity index (χ1) is 10.9. The number of amides is 1. The summed E-state index contributed by atoms with van der Waals surface area (Å²) < 4.78 is 12.6. The van der Waals surface area contributed by atoms with E-state index in [9.17, 15) is 4.79 Å². The molecule has 0 unspecified atom stereocenters. The van der Waals surface area contributed by atoms with Crippen molar-refractivity contribution in [2.45, 2.75) is 13.8 Å². The quantitative estimate of drug-likeness (QED) is 0.877. The highest BCUT2D eigenvalue weighted by molar-refractivity contribution is 6.32. The molecule has 1 aromatic carbocycles. The van der Waals surface area contributed by atoms with E-state index in [0.29, 0.717) is 40.3 Å². The number of methoxy groups -OCH3 is 1. The van der Waals surface area contributed by atoms with Crippen LogP contribution in [0.1, 0.15) is 24.2 Å². The number of nitrogens with one attached hydrogen (secondary N) is 1. The molecule has 0 saturated heterocycles. The molecule has 0 fully saturated rings. The lowest BCUT2D eigenvalue weighted by atomic mass is 10.1. The van der Waals surface area contributed by atoms with Crippen LogP contribution >= 0.6 is 11.6 Å². The number of benzene rings is 1. The number of anilines is 1. The van der Waals surface area contributed by atoms with Crippen molar-refractivity contribution in [2.75, 3.05) is 19.0 Å². The Morgan fingerprint density at radius 1 is 1.43 bits per heavy atom. The average molecular weight is 338 g/mol. The molecule has 1 amide bonds. The second-order valence-corrected chi connectivity index (χ2v) is 5.96. The van der Waals surface area contributed by atoms with Crippen LogP contribution in [0.4, 0.5) is 5.69 Å². The minimum Gasteiger partial charge on any atom is -0.493 e. The van der Waals surface area contributed by atoms with E-state index in [2.05, 4.69) is 10.4 Å². The summed E-state index contributed by atoms with van der Waals surface area (Å²) in [4.78, 5) is 12.3. The van der Waals surface area contributed by atoms with Crippen LogP contribution in [0.3, 0.4) is 0 Å². The highest BCUT2D eigenvalue weighted by Gasteiger charge is 2.17. The maximum absolute atomic E-state index is 12.3. The fraction of sp³-hybridized carbons (Fsp3) is 0.375. The Kier molecular flexibility index (Phi) is 5.50. The second kappa shape index (κ2) is 7.37. The molecule has 0 saturated carbocycles. The SMILES string of the molecule is COc1cc(C(=O)Nc2cnn(C)c2)cc(Cl)c1OCC(C)C. The number of hydrogen-bond donors (Lipinski definition) is 1. The largest absolute Gasteiger partial charge is 0.493 e. The Bertz CT molecular complexity index is 698. The lowest BCUT2D eigenvalue weighted by Crippen LogP contribution is -2.12. The van der Waals surface area contributed by atoms with Crippen molar-refractivity contribution in [2.24, 2.45) is 13.0 Å². The van der Waals surface area contributed by atoms with E-state index in [1.54, 1.807) is 36.3 Å². The maximum atomic E-state index is 12.3. The third-order valence-electron chi connectivity index (χ3n) is 3.02. The molecule has 0 atom stereocenters. The first-order valence-electron chi connectivity index (χ1n) is 7.21. The zero-order valence-electron chi connectivity index (χ0n) is 13.6. The Morgan fingerprint density at radius 3 is 2.74 bits per heavy atom. The highest BCUT2D eigenvalue weighted by atomic mass is 35.5. The van der Waals surface area contributed by atoms with E-state index in [0.717, 1.165) is 0 Å². The van der Waals surface area contributed by atoms with Crippen LogP contribution in [0.25, 0.3) is 0 Å². The first-order valence-corrected chi connectivity index (χ1v) is 7.58. The molecule has 1 N–H and O–H groups in total. The average Bonchev–Trinajstić information content (AvgIpc) is 2.90. The van der Waals surface area contributed by atoms with Gasteiger partial charge in [-0.3, -0.25) is 9.48 Å². The highest BCUT2D eigenvalue weighted by Crippen LogP contribution is 2.36. The van der Waals surface area contributed by atoms with Crippen molar-refractivity contribution in [1.82, 2.24) is 9.78 Å². The number of carbonyl (C=O) groups excluding carboxylic acids is 1. The first kappa shape index (κ1) is 17.1. The lowest BCUT2D eigenvalue weighted by molar-refractivity contribution is 0.102. The predicted molar refractivity (Wildman–Crippen MR) is 89.5 cm³/mol. The van der Waals surface area contributed by atoms with Crippen molar-refractivity contribution in [3.05, 3.63) is 35.1 Å². The summed E-state index contributed by atoms with van der Waals surface area (Å²) in [6.07, 6.45) is 3.27. The summed E-state index contributed by atoms with van der Waals surface area (Å²) in [6, 6.07) is 3.17. The molecular weight excluding hydrogens is 318 g/mol. The van der Waals surface area contributed by atoms with Crippen molar-refractivity contribution < 1.29 is 14.3 Å². The van der Waals surface area contributed by atoms with Crippen LogP contribution in [0.15, 0.2) is 24.5 Å². The van der Waals surface area contributed by atoms with Crippen LogP contribution in [-0.4, -0.2) is 29.4 Å². The summed E-state index contributed by atoms with van der Waals surface area (Å²) in [5.41, 5.74) is 0.986. The molecule has 0 spiro atoms. The molecule has 2 aromatic rings. The van der Waals surface area contributed by atoms with Gasteiger partial charge in [-0.2, -0.15) is 5.10 Å². The van der Waals surface area contributed by atoms with Crippen molar-refractivity contribution in [1.29, 1.82) is 0 Å². The molecular formula is C16H20ClN3O3. The van der Waals surface area contributed by atoms with E-state index in [1.165, 1.54) is 7.11 Å². The van der Waals surface area contributed by atoms with Crippen molar-refractivity contribution in [3.8, 4) is 11.5 Å². The summed E-state index contributed by atoms with van der Waals surface area (Å²) in [7, 11) is 3.28. The van der Waals surface area contributed by atoms with Gasteiger partial charge in [0, 0.05) is 18.8 Å². The van der Waals surface area contributed by atoms with Gasteiger partial charge in [0.15, 0.2) is 11.5 Å². The summed E-state index contributed by atoms with van der Waals surface area (Å²) >= 11 is 6.25. The van der Waals surface area contributed by atoms with Crippen molar-refractivity contribution in [3.63, 3.8) is 0 Å². The smallest absolute Gasteiger partial charge is 0.255 e. The molecule has 0 aliphatic heterocycles. The second-order valence-electron chi connectivity index (χ2n) is 5.55. The fourth-order valence-corrected chi connectivity index (χ4v) is 2.20. The number of aryl methyl sites for hydroxylation is 1. The van der Waals surface area contributed by atoms with Gasteiger partial charge in [-0.1, -0.05) is 25.4 Å². The molecule has 0 aliphatic carbocycles. The van der Waals surface area contributed by atoms with Gasteiger partial charge in [0.25, 0.3) is 5.91 Å². The van der Waals surface area contributed by atoms with E-state index < -0.39 is 0 Å². The topological polar surface area (TPSA) is 65.4 Å². The molecule has 0 aliphatic rings.